The number of ether oxygens (including phenoxy) is 2. The van der Waals surface area contributed by atoms with E-state index in [1.807, 2.05) is 21.1 Å². The Kier molecular flexibility index (Phi) is 8.20. The normalized spacial score (nSPS) is 12.3. The SMILES string of the molecule is CC(=O)OC(C)C(=O)OCC[N+](C)(C)C.[Cl-]. The second-order valence-electron chi connectivity index (χ2n) is 4.43. The lowest BCUT2D eigenvalue weighted by Gasteiger charge is -2.23. The van der Waals surface area contributed by atoms with Gasteiger partial charge in [-0.3, -0.25) is 4.79 Å². The third-order valence-electron chi connectivity index (χ3n) is 1.68. The Morgan fingerprint density at radius 3 is 2.12 bits per heavy atom. The van der Waals surface area contributed by atoms with Crippen LogP contribution in [0, 0.1) is 0 Å². The van der Waals surface area contributed by atoms with Gasteiger partial charge in [0.25, 0.3) is 0 Å². The van der Waals surface area contributed by atoms with Crippen molar-refractivity contribution < 1.29 is 36.0 Å². The number of rotatable bonds is 5. The van der Waals surface area contributed by atoms with Crippen LogP contribution >= 0.6 is 0 Å². The van der Waals surface area contributed by atoms with Crippen molar-refractivity contribution in [3.8, 4) is 0 Å². The van der Waals surface area contributed by atoms with Crippen LogP contribution in [0.3, 0.4) is 0 Å². The van der Waals surface area contributed by atoms with Crippen molar-refractivity contribution in [3.63, 3.8) is 0 Å². The van der Waals surface area contributed by atoms with Crippen molar-refractivity contribution in [2.75, 3.05) is 34.3 Å². The third kappa shape index (κ3) is 9.73. The molecule has 1 atom stereocenters. The highest BCUT2D eigenvalue weighted by atomic mass is 35.5. The number of carbonyl (C=O) groups excluding carboxylic acids is 2. The summed E-state index contributed by atoms with van der Waals surface area (Å²) in [6, 6.07) is 0. The van der Waals surface area contributed by atoms with Crippen molar-refractivity contribution in [1.29, 1.82) is 0 Å². The molecule has 0 bridgehead atoms. The fourth-order valence-electron chi connectivity index (χ4n) is 0.835. The van der Waals surface area contributed by atoms with E-state index in [2.05, 4.69) is 4.74 Å². The smallest absolute Gasteiger partial charge is 0.347 e. The molecule has 5 nitrogen and oxygen atoms in total. The van der Waals surface area contributed by atoms with Crippen LogP contribution in [0.1, 0.15) is 13.8 Å². The first-order valence-corrected chi connectivity index (χ1v) is 4.86. The van der Waals surface area contributed by atoms with Gasteiger partial charge in [-0.25, -0.2) is 4.79 Å². The summed E-state index contributed by atoms with van der Waals surface area (Å²) in [5, 5.41) is 0. The van der Waals surface area contributed by atoms with Gasteiger partial charge in [0.05, 0.1) is 21.1 Å². The lowest BCUT2D eigenvalue weighted by atomic mass is 10.4. The monoisotopic (exact) mass is 253 g/mol. The summed E-state index contributed by atoms with van der Waals surface area (Å²) < 4.78 is 10.3. The molecule has 0 amide bonds. The summed E-state index contributed by atoms with van der Waals surface area (Å²) in [7, 11) is 6.01. The van der Waals surface area contributed by atoms with E-state index in [0.29, 0.717) is 6.61 Å². The van der Waals surface area contributed by atoms with E-state index in [0.717, 1.165) is 11.0 Å². The van der Waals surface area contributed by atoms with Gasteiger partial charge in [0, 0.05) is 6.92 Å². The zero-order chi connectivity index (χ0) is 12.1. The van der Waals surface area contributed by atoms with E-state index in [1.165, 1.54) is 13.8 Å². The molecule has 0 radical (unpaired) electrons. The molecule has 6 heteroatoms. The third-order valence-corrected chi connectivity index (χ3v) is 1.68. The average molecular weight is 254 g/mol. The molecule has 0 aromatic heterocycles. The van der Waals surface area contributed by atoms with Gasteiger partial charge in [-0.1, -0.05) is 0 Å². The van der Waals surface area contributed by atoms with E-state index < -0.39 is 18.0 Å². The predicted molar refractivity (Wildman–Crippen MR) is 55.1 cm³/mol. The lowest BCUT2D eigenvalue weighted by molar-refractivity contribution is -0.870. The highest BCUT2D eigenvalue weighted by Crippen LogP contribution is 1.97. The van der Waals surface area contributed by atoms with Crippen LogP contribution in [0.4, 0.5) is 0 Å². The van der Waals surface area contributed by atoms with Gasteiger partial charge in [0.15, 0.2) is 6.10 Å². The minimum Gasteiger partial charge on any atom is -1.00 e. The zero-order valence-electron chi connectivity index (χ0n) is 10.4. The van der Waals surface area contributed by atoms with E-state index in [4.69, 9.17) is 4.74 Å². The van der Waals surface area contributed by atoms with Crippen molar-refractivity contribution >= 4 is 11.9 Å². The first-order chi connectivity index (χ1) is 6.72. The van der Waals surface area contributed by atoms with Crippen LogP contribution in [0.25, 0.3) is 0 Å². The molecule has 0 aromatic rings. The number of likely N-dealkylation sites (N-methyl/N-ethyl adjacent to an activating group) is 1. The van der Waals surface area contributed by atoms with E-state index in [9.17, 15) is 9.59 Å². The molecule has 0 saturated carbocycles. The molecule has 0 spiro atoms. The number of quaternary nitrogens is 1. The Balaban J connectivity index is 0. The Bertz CT molecular complexity index is 237. The number of halogens is 1. The molecule has 0 N–H and O–H groups in total. The summed E-state index contributed by atoms with van der Waals surface area (Å²) in [6.45, 7) is 3.80. The van der Waals surface area contributed by atoms with Gasteiger partial charge >= 0.3 is 11.9 Å². The minimum absolute atomic E-state index is 0. The molecular formula is C10H20ClNO4. The number of esters is 2. The van der Waals surface area contributed by atoms with Gasteiger partial charge < -0.3 is 26.4 Å². The molecule has 0 rings (SSSR count). The maximum atomic E-state index is 11.3. The largest absolute Gasteiger partial charge is 1.00 e. The van der Waals surface area contributed by atoms with Crippen molar-refractivity contribution in [1.82, 2.24) is 0 Å². The zero-order valence-corrected chi connectivity index (χ0v) is 11.2. The van der Waals surface area contributed by atoms with Crippen LogP contribution in [0.15, 0.2) is 0 Å². The highest BCUT2D eigenvalue weighted by Gasteiger charge is 2.18. The molecule has 1 unspecified atom stereocenters. The van der Waals surface area contributed by atoms with Crippen molar-refractivity contribution in [3.05, 3.63) is 0 Å². The Labute approximate surface area is 103 Å². The minimum atomic E-state index is -0.824. The molecule has 0 aliphatic heterocycles. The van der Waals surface area contributed by atoms with Gasteiger partial charge in [-0.15, -0.1) is 0 Å². The standard InChI is InChI=1S/C10H20NO4.ClH/c1-8(15-9(2)12)10(13)14-7-6-11(3,4)5;/h8H,6-7H2,1-5H3;1H/q+1;/p-1. The summed E-state index contributed by atoms with van der Waals surface area (Å²) in [5.41, 5.74) is 0. The molecular weight excluding hydrogens is 234 g/mol. The summed E-state index contributed by atoms with van der Waals surface area (Å²) >= 11 is 0. The molecule has 0 fully saturated rings. The fourth-order valence-corrected chi connectivity index (χ4v) is 0.835. The molecule has 0 heterocycles. The van der Waals surface area contributed by atoms with Crippen molar-refractivity contribution in [2.45, 2.75) is 20.0 Å². The molecule has 16 heavy (non-hydrogen) atoms. The summed E-state index contributed by atoms with van der Waals surface area (Å²) in [6.07, 6.45) is -0.824. The lowest BCUT2D eigenvalue weighted by Crippen LogP contribution is -3.00. The molecule has 0 aliphatic rings. The second kappa shape index (κ2) is 7.46. The van der Waals surface area contributed by atoms with Gasteiger partial charge in [0.1, 0.15) is 13.2 Å². The van der Waals surface area contributed by atoms with Crippen molar-refractivity contribution in [2.24, 2.45) is 0 Å². The first-order valence-electron chi connectivity index (χ1n) is 4.86. The molecule has 0 aliphatic carbocycles. The molecule has 0 aromatic carbocycles. The molecule has 0 saturated heterocycles. The number of nitrogens with zero attached hydrogens (tertiary/aromatic N) is 1. The maximum absolute atomic E-state index is 11.3. The van der Waals surface area contributed by atoms with Gasteiger partial charge in [-0.2, -0.15) is 0 Å². The number of hydrogen-bond acceptors (Lipinski definition) is 4. The predicted octanol–water partition coefficient (Wildman–Crippen LogP) is -2.81. The summed E-state index contributed by atoms with van der Waals surface area (Å²) in [4.78, 5) is 21.8. The van der Waals surface area contributed by atoms with E-state index in [-0.39, 0.29) is 12.4 Å². The first kappa shape index (κ1) is 17.6. The number of hydrogen-bond donors (Lipinski definition) is 0. The van der Waals surface area contributed by atoms with Crippen LogP contribution in [0.5, 0.6) is 0 Å². The Hall–Kier alpha value is -0.810. The summed E-state index contributed by atoms with van der Waals surface area (Å²) in [5.74, 6) is -0.982. The second-order valence-corrected chi connectivity index (χ2v) is 4.43. The van der Waals surface area contributed by atoms with Crippen LogP contribution in [-0.2, 0) is 19.1 Å². The average Bonchev–Trinajstić information content (AvgIpc) is 2.00. The Morgan fingerprint density at radius 2 is 1.75 bits per heavy atom. The van der Waals surface area contributed by atoms with Gasteiger partial charge in [-0.05, 0) is 6.92 Å². The van der Waals surface area contributed by atoms with Gasteiger partial charge in [0.2, 0.25) is 0 Å². The van der Waals surface area contributed by atoms with E-state index in [1.54, 1.807) is 0 Å². The van der Waals surface area contributed by atoms with Crippen LogP contribution < -0.4 is 12.4 Å². The topological polar surface area (TPSA) is 52.6 Å². The van der Waals surface area contributed by atoms with Crippen LogP contribution in [-0.4, -0.2) is 56.8 Å². The fraction of sp³-hybridized carbons (Fsp3) is 0.800. The number of carbonyl (C=O) groups is 2. The maximum Gasteiger partial charge on any atom is 0.347 e. The Morgan fingerprint density at radius 1 is 1.25 bits per heavy atom. The highest BCUT2D eigenvalue weighted by molar-refractivity contribution is 5.78. The van der Waals surface area contributed by atoms with Crippen LogP contribution in [0.2, 0.25) is 0 Å². The van der Waals surface area contributed by atoms with E-state index >= 15 is 0 Å². The molecule has 96 valence electrons. The quantitative estimate of drug-likeness (QED) is 0.392.